The largest absolute Gasteiger partial charge is 0.494 e. The number of piperidine rings is 1. The van der Waals surface area contributed by atoms with E-state index in [1.807, 2.05) is 0 Å². The minimum absolute atomic E-state index is 0.142. The van der Waals surface area contributed by atoms with Gasteiger partial charge in [-0.3, -0.25) is 4.98 Å². The van der Waals surface area contributed by atoms with E-state index in [4.69, 9.17) is 9.47 Å². The molecule has 2 aliphatic heterocycles. The van der Waals surface area contributed by atoms with Crippen molar-refractivity contribution in [1.29, 1.82) is 0 Å². The molecule has 33 heavy (non-hydrogen) atoms. The van der Waals surface area contributed by atoms with Crippen molar-refractivity contribution < 1.29 is 17.9 Å². The molecule has 0 bridgehead atoms. The number of hydrogen-bond donors (Lipinski definition) is 0. The van der Waals surface area contributed by atoms with Gasteiger partial charge in [-0.1, -0.05) is 12.1 Å². The molecule has 9 heteroatoms. The summed E-state index contributed by atoms with van der Waals surface area (Å²) in [5, 5.41) is 0. The van der Waals surface area contributed by atoms with Crippen LogP contribution in [0.2, 0.25) is 0 Å². The Kier molecular flexibility index (Phi) is 5.65. The van der Waals surface area contributed by atoms with Gasteiger partial charge in [0.05, 0.1) is 36.3 Å². The number of methoxy groups -OCH3 is 1. The number of benzene rings is 1. The summed E-state index contributed by atoms with van der Waals surface area (Å²) in [5.74, 6) is 2.70. The fourth-order valence-corrected chi connectivity index (χ4v) is 5.15. The Labute approximate surface area is 193 Å². The average molecular weight is 467 g/mol. The van der Waals surface area contributed by atoms with Crippen molar-refractivity contribution in [3.63, 3.8) is 0 Å². The SMILES string of the molecule is COc1cnc(N2CCC([C@@H]3Cc4cc(-c5ccc(S(C)(=O)=O)cc5)ncc4O3)CC2)nc1. The zero-order valence-corrected chi connectivity index (χ0v) is 19.5. The van der Waals surface area contributed by atoms with E-state index in [1.165, 1.54) is 6.26 Å². The summed E-state index contributed by atoms with van der Waals surface area (Å²) in [6.45, 7) is 1.78. The summed E-state index contributed by atoms with van der Waals surface area (Å²) >= 11 is 0. The molecule has 5 rings (SSSR count). The van der Waals surface area contributed by atoms with E-state index in [1.54, 1.807) is 50.0 Å². The lowest BCUT2D eigenvalue weighted by molar-refractivity contribution is 0.138. The monoisotopic (exact) mass is 466 g/mol. The Morgan fingerprint density at radius 2 is 1.73 bits per heavy atom. The van der Waals surface area contributed by atoms with Crippen LogP contribution < -0.4 is 14.4 Å². The van der Waals surface area contributed by atoms with E-state index in [0.717, 1.165) is 60.9 Å². The molecule has 4 heterocycles. The molecule has 2 aliphatic rings. The van der Waals surface area contributed by atoms with Gasteiger partial charge in [0.1, 0.15) is 11.9 Å². The van der Waals surface area contributed by atoms with Crippen molar-refractivity contribution in [2.24, 2.45) is 5.92 Å². The standard InChI is InChI=1S/C24H26N4O4S/c1-31-19-13-26-24(27-14-19)28-9-7-17(8-10-28)22-12-18-11-21(25-15-23(18)32-22)16-3-5-20(6-4-16)33(2,29)30/h3-6,11,13-15,17,22H,7-10,12H2,1-2H3/t22-/m0/s1. The maximum Gasteiger partial charge on any atom is 0.225 e. The third-order valence-corrected chi connectivity index (χ3v) is 7.55. The highest BCUT2D eigenvalue weighted by atomic mass is 32.2. The second kappa shape index (κ2) is 8.62. The quantitative estimate of drug-likeness (QED) is 0.566. The van der Waals surface area contributed by atoms with Crippen LogP contribution in [0.3, 0.4) is 0 Å². The third kappa shape index (κ3) is 4.50. The number of sulfone groups is 1. The minimum Gasteiger partial charge on any atom is -0.494 e. The fraction of sp³-hybridized carbons (Fsp3) is 0.375. The van der Waals surface area contributed by atoms with E-state index >= 15 is 0 Å². The van der Waals surface area contributed by atoms with Gasteiger partial charge < -0.3 is 14.4 Å². The topological polar surface area (TPSA) is 94.5 Å². The van der Waals surface area contributed by atoms with Crippen LogP contribution in [0, 0.1) is 5.92 Å². The molecule has 1 aromatic carbocycles. The van der Waals surface area contributed by atoms with E-state index < -0.39 is 9.84 Å². The fourth-order valence-electron chi connectivity index (χ4n) is 4.51. The molecule has 1 atom stereocenters. The van der Waals surface area contributed by atoms with Crippen molar-refractivity contribution in [3.05, 3.63) is 54.5 Å². The minimum atomic E-state index is -3.21. The number of anilines is 1. The van der Waals surface area contributed by atoms with Crippen molar-refractivity contribution in [2.75, 3.05) is 31.4 Å². The number of nitrogens with zero attached hydrogens (tertiary/aromatic N) is 4. The molecular formula is C24H26N4O4S. The smallest absolute Gasteiger partial charge is 0.225 e. The Hall–Kier alpha value is -3.20. The third-order valence-electron chi connectivity index (χ3n) is 6.42. The lowest BCUT2D eigenvalue weighted by atomic mass is 9.89. The summed E-state index contributed by atoms with van der Waals surface area (Å²) in [6, 6.07) is 8.91. The van der Waals surface area contributed by atoms with Crippen LogP contribution in [0.4, 0.5) is 5.95 Å². The zero-order chi connectivity index (χ0) is 23.0. The molecule has 1 fully saturated rings. The second-order valence-corrected chi connectivity index (χ2v) is 10.6. The first-order valence-corrected chi connectivity index (χ1v) is 12.9. The molecule has 2 aromatic heterocycles. The Balaban J connectivity index is 1.23. The van der Waals surface area contributed by atoms with Crippen molar-refractivity contribution in [3.8, 4) is 22.8 Å². The summed E-state index contributed by atoms with van der Waals surface area (Å²) in [6.07, 6.45) is 9.42. The highest BCUT2D eigenvalue weighted by Gasteiger charge is 2.33. The molecule has 0 aliphatic carbocycles. The molecule has 0 saturated carbocycles. The van der Waals surface area contributed by atoms with Crippen LogP contribution in [-0.2, 0) is 16.3 Å². The predicted molar refractivity (Wildman–Crippen MR) is 124 cm³/mol. The van der Waals surface area contributed by atoms with Crippen LogP contribution >= 0.6 is 0 Å². The first-order chi connectivity index (χ1) is 15.9. The Morgan fingerprint density at radius 1 is 1.03 bits per heavy atom. The highest BCUT2D eigenvalue weighted by Crippen LogP contribution is 2.37. The normalized spacial score (nSPS) is 18.6. The number of rotatable bonds is 5. The molecule has 0 unspecified atom stereocenters. The molecule has 0 N–H and O–H groups in total. The number of ether oxygens (including phenoxy) is 2. The average Bonchev–Trinajstić information content (AvgIpc) is 3.27. The van der Waals surface area contributed by atoms with Crippen molar-refractivity contribution in [2.45, 2.75) is 30.3 Å². The molecular weight excluding hydrogens is 440 g/mol. The first kappa shape index (κ1) is 21.6. The molecule has 0 amide bonds. The van der Waals surface area contributed by atoms with Crippen molar-refractivity contribution in [1.82, 2.24) is 15.0 Å². The van der Waals surface area contributed by atoms with Crippen LogP contribution in [0.5, 0.6) is 11.5 Å². The van der Waals surface area contributed by atoms with Crippen LogP contribution in [-0.4, -0.2) is 55.9 Å². The maximum atomic E-state index is 11.7. The number of fused-ring (bicyclic) bond motifs is 1. The van der Waals surface area contributed by atoms with Gasteiger partial charge in [-0.15, -0.1) is 0 Å². The summed E-state index contributed by atoms with van der Waals surface area (Å²) in [5.41, 5.74) is 2.86. The summed E-state index contributed by atoms with van der Waals surface area (Å²) < 4.78 is 34.8. The van der Waals surface area contributed by atoms with E-state index in [2.05, 4.69) is 25.9 Å². The van der Waals surface area contributed by atoms with Gasteiger partial charge in [0, 0.05) is 36.9 Å². The number of hydrogen-bond acceptors (Lipinski definition) is 8. The van der Waals surface area contributed by atoms with Gasteiger partial charge in [0.2, 0.25) is 5.95 Å². The van der Waals surface area contributed by atoms with Gasteiger partial charge in [-0.05, 0) is 37.0 Å². The Bertz CT molecular complexity index is 1240. The van der Waals surface area contributed by atoms with Gasteiger partial charge in [-0.25, -0.2) is 18.4 Å². The number of pyridine rings is 1. The highest BCUT2D eigenvalue weighted by molar-refractivity contribution is 7.90. The molecule has 1 saturated heterocycles. The van der Waals surface area contributed by atoms with Crippen LogP contribution in [0.25, 0.3) is 11.3 Å². The zero-order valence-electron chi connectivity index (χ0n) is 18.6. The van der Waals surface area contributed by atoms with Crippen LogP contribution in [0.1, 0.15) is 18.4 Å². The van der Waals surface area contributed by atoms with E-state index in [-0.39, 0.29) is 6.10 Å². The molecule has 0 radical (unpaired) electrons. The predicted octanol–water partition coefficient (Wildman–Crippen LogP) is 3.17. The molecule has 8 nitrogen and oxygen atoms in total. The molecule has 172 valence electrons. The molecule has 3 aromatic rings. The lowest BCUT2D eigenvalue weighted by Crippen LogP contribution is -2.40. The van der Waals surface area contributed by atoms with Gasteiger partial charge >= 0.3 is 0 Å². The van der Waals surface area contributed by atoms with E-state index in [9.17, 15) is 8.42 Å². The lowest BCUT2D eigenvalue weighted by Gasteiger charge is -2.34. The maximum absolute atomic E-state index is 11.7. The van der Waals surface area contributed by atoms with E-state index in [0.29, 0.717) is 16.6 Å². The second-order valence-electron chi connectivity index (χ2n) is 8.58. The van der Waals surface area contributed by atoms with Gasteiger partial charge in [0.25, 0.3) is 0 Å². The molecule has 0 spiro atoms. The van der Waals surface area contributed by atoms with Gasteiger partial charge in [0.15, 0.2) is 15.6 Å². The van der Waals surface area contributed by atoms with Crippen LogP contribution in [0.15, 0.2) is 53.8 Å². The Morgan fingerprint density at radius 3 is 2.36 bits per heavy atom. The summed E-state index contributed by atoms with van der Waals surface area (Å²) in [4.78, 5) is 15.9. The number of aromatic nitrogens is 3. The first-order valence-electron chi connectivity index (χ1n) is 11.0. The summed E-state index contributed by atoms with van der Waals surface area (Å²) in [7, 11) is -1.61. The van der Waals surface area contributed by atoms with Gasteiger partial charge in [-0.2, -0.15) is 0 Å². The van der Waals surface area contributed by atoms with Crippen molar-refractivity contribution >= 4 is 15.8 Å².